The Morgan fingerprint density at radius 2 is 1.57 bits per heavy atom. The molecule has 0 aromatic rings. The average Bonchev–Trinajstić information content (AvgIpc) is 3.04. The Morgan fingerprint density at radius 1 is 0.894 bits per heavy atom. The number of hydrogen-bond donors (Lipinski definition) is 8. The van der Waals surface area contributed by atoms with Crippen molar-refractivity contribution in [2.45, 2.75) is 129 Å². The van der Waals surface area contributed by atoms with Gasteiger partial charge in [0, 0.05) is 5.41 Å². The average molecular weight is 667 g/mol. The van der Waals surface area contributed by atoms with Gasteiger partial charge in [-0.1, -0.05) is 46.3 Å². The largest absolute Gasteiger partial charge is 0.432 e. The number of ether oxygens (including phenoxy) is 2. The Morgan fingerprint density at radius 3 is 2.21 bits per heavy atom. The van der Waals surface area contributed by atoms with E-state index >= 15 is 0 Å². The number of carbonyl (C=O) groups excluding carboxylic acids is 1. The van der Waals surface area contributed by atoms with Crippen molar-refractivity contribution in [3.8, 4) is 0 Å². The van der Waals surface area contributed by atoms with Gasteiger partial charge in [-0.05, 0) is 97.2 Å². The minimum Gasteiger partial charge on any atom is -0.432 e. The molecule has 47 heavy (non-hydrogen) atoms. The lowest BCUT2D eigenvalue weighted by Gasteiger charge is -2.71. The van der Waals surface area contributed by atoms with Gasteiger partial charge in [0.1, 0.15) is 24.4 Å². The standard InChI is InChI=1S/C36H58O11/c1-18-8-11-35(31(45)47-30-28(43)27(42)26(41)22(15-37)46-30)13-12-33(4)20(25(35)19(18)2)6-7-23-32(3)14-21(40)29(44)36(16-38,17-39)24(32)9-10-34(23,33)5/h6,18-19,21-30,37-44H,7-17H2,1-5H3. The van der Waals surface area contributed by atoms with E-state index in [4.69, 9.17) is 9.47 Å². The summed E-state index contributed by atoms with van der Waals surface area (Å²) in [5.74, 6) is -0.209. The normalized spacial score (nSPS) is 53.9. The Labute approximate surface area is 278 Å². The van der Waals surface area contributed by atoms with E-state index in [1.165, 1.54) is 5.57 Å². The molecule has 8 N–H and O–H groups in total. The second-order valence-corrected chi connectivity index (χ2v) is 17.2. The van der Waals surface area contributed by atoms with E-state index in [0.29, 0.717) is 44.4 Å². The minimum absolute atomic E-state index is 0.104. The van der Waals surface area contributed by atoms with E-state index in [1.54, 1.807) is 0 Å². The zero-order valence-electron chi connectivity index (χ0n) is 28.6. The van der Waals surface area contributed by atoms with Crippen molar-refractivity contribution in [1.82, 2.24) is 0 Å². The van der Waals surface area contributed by atoms with Gasteiger partial charge in [0.05, 0.1) is 37.4 Å². The van der Waals surface area contributed by atoms with Crippen LogP contribution in [0.3, 0.4) is 0 Å². The molecule has 268 valence electrons. The molecule has 0 radical (unpaired) electrons. The van der Waals surface area contributed by atoms with Crippen molar-refractivity contribution in [2.75, 3.05) is 19.8 Å². The van der Waals surface area contributed by atoms with E-state index < -0.39 is 84.9 Å². The van der Waals surface area contributed by atoms with Gasteiger partial charge < -0.3 is 50.3 Å². The predicted molar refractivity (Wildman–Crippen MR) is 169 cm³/mol. The van der Waals surface area contributed by atoms with Crippen LogP contribution in [0, 0.1) is 56.7 Å². The number of fused-ring (bicyclic) bond motifs is 7. The summed E-state index contributed by atoms with van der Waals surface area (Å²) in [4.78, 5) is 14.4. The molecule has 0 spiro atoms. The fraction of sp³-hybridized carbons (Fsp3) is 0.917. The summed E-state index contributed by atoms with van der Waals surface area (Å²) in [6.07, 6.45) is -2.21. The van der Waals surface area contributed by atoms with Gasteiger partial charge in [-0.15, -0.1) is 0 Å². The molecule has 16 atom stereocenters. The summed E-state index contributed by atoms with van der Waals surface area (Å²) in [7, 11) is 0. The van der Waals surface area contributed by atoms with E-state index in [9.17, 15) is 45.6 Å². The van der Waals surface area contributed by atoms with Gasteiger partial charge in [0.25, 0.3) is 0 Å². The second-order valence-electron chi connectivity index (χ2n) is 17.2. The van der Waals surface area contributed by atoms with Crippen molar-refractivity contribution in [2.24, 2.45) is 56.7 Å². The Kier molecular flexibility index (Phi) is 9.09. The monoisotopic (exact) mass is 666 g/mol. The number of carbonyl (C=O) groups is 1. The summed E-state index contributed by atoms with van der Waals surface area (Å²) in [5, 5.41) is 84.5. The Balaban J connectivity index is 1.37. The van der Waals surface area contributed by atoms with Gasteiger partial charge in [-0.2, -0.15) is 0 Å². The number of allylic oxidation sites excluding steroid dienone is 2. The highest BCUT2D eigenvalue weighted by Crippen LogP contribution is 2.76. The summed E-state index contributed by atoms with van der Waals surface area (Å²) >= 11 is 0. The van der Waals surface area contributed by atoms with Crippen molar-refractivity contribution in [3.63, 3.8) is 0 Å². The number of rotatable bonds is 5. The zero-order chi connectivity index (χ0) is 34.5. The van der Waals surface area contributed by atoms with Crippen LogP contribution in [0.25, 0.3) is 0 Å². The van der Waals surface area contributed by atoms with E-state index in [1.807, 2.05) is 0 Å². The molecule has 5 aliphatic carbocycles. The van der Waals surface area contributed by atoms with E-state index in [2.05, 4.69) is 40.7 Å². The quantitative estimate of drug-likeness (QED) is 0.155. The number of aliphatic hydroxyl groups is 8. The first-order chi connectivity index (χ1) is 22.0. The van der Waals surface area contributed by atoms with Crippen LogP contribution in [0.15, 0.2) is 11.6 Å². The third-order valence-electron chi connectivity index (χ3n) is 15.6. The molecule has 6 aliphatic rings. The van der Waals surface area contributed by atoms with Crippen LogP contribution < -0.4 is 0 Å². The summed E-state index contributed by atoms with van der Waals surface area (Å²) < 4.78 is 11.5. The highest BCUT2D eigenvalue weighted by atomic mass is 16.7. The topological polar surface area (TPSA) is 197 Å². The molecule has 0 aromatic heterocycles. The van der Waals surface area contributed by atoms with Gasteiger partial charge in [-0.3, -0.25) is 4.79 Å². The fourth-order valence-corrected chi connectivity index (χ4v) is 12.4. The Hall–Kier alpha value is -1.15. The Bertz CT molecular complexity index is 1240. The molecule has 5 fully saturated rings. The van der Waals surface area contributed by atoms with E-state index in [0.717, 1.165) is 12.8 Å². The molecule has 4 saturated carbocycles. The SMILES string of the molecule is CC1CCC2(C(=O)OC3OC(CO)C(O)C(O)C3O)CCC3(C)C(=CCC4C5(C)CC(O)C(O)C(CO)(CO)C5CCC43C)C2C1C. The molecule has 0 amide bonds. The van der Waals surface area contributed by atoms with Gasteiger partial charge >= 0.3 is 5.97 Å². The smallest absolute Gasteiger partial charge is 0.315 e. The van der Waals surface area contributed by atoms with Crippen LogP contribution in [0.1, 0.15) is 86.0 Å². The van der Waals surface area contributed by atoms with E-state index in [-0.39, 0.29) is 34.5 Å². The summed E-state index contributed by atoms with van der Waals surface area (Å²) in [6, 6.07) is 0. The maximum Gasteiger partial charge on any atom is 0.315 e. The molecule has 11 heteroatoms. The third kappa shape index (κ3) is 4.67. The van der Waals surface area contributed by atoms with Crippen molar-refractivity contribution in [1.29, 1.82) is 0 Å². The lowest BCUT2D eigenvalue weighted by molar-refractivity contribution is -0.298. The first kappa shape index (κ1) is 35.7. The zero-order valence-corrected chi connectivity index (χ0v) is 28.6. The molecule has 11 nitrogen and oxygen atoms in total. The molecule has 0 bridgehead atoms. The van der Waals surface area contributed by atoms with Gasteiger partial charge in [0.15, 0.2) is 0 Å². The first-order valence-electron chi connectivity index (χ1n) is 17.8. The first-order valence-corrected chi connectivity index (χ1v) is 17.8. The van der Waals surface area contributed by atoms with Crippen LogP contribution in [0.2, 0.25) is 0 Å². The number of aliphatic hydroxyl groups excluding tert-OH is 8. The summed E-state index contributed by atoms with van der Waals surface area (Å²) in [6.45, 7) is 9.86. The molecule has 6 rings (SSSR count). The molecule has 1 aliphatic heterocycles. The summed E-state index contributed by atoms with van der Waals surface area (Å²) in [5.41, 5.74) is -1.80. The number of esters is 1. The van der Waals surface area contributed by atoms with Crippen LogP contribution in [-0.4, -0.2) is 110 Å². The van der Waals surface area contributed by atoms with Gasteiger partial charge in [-0.25, -0.2) is 0 Å². The minimum atomic E-state index is -1.67. The van der Waals surface area contributed by atoms with Crippen LogP contribution in [0.4, 0.5) is 0 Å². The van der Waals surface area contributed by atoms with Crippen molar-refractivity contribution < 1.29 is 55.1 Å². The number of hydrogen-bond acceptors (Lipinski definition) is 11. The lowest BCUT2D eigenvalue weighted by Crippen LogP contribution is -2.69. The highest BCUT2D eigenvalue weighted by molar-refractivity contribution is 5.79. The molecular weight excluding hydrogens is 608 g/mol. The highest BCUT2D eigenvalue weighted by Gasteiger charge is 2.71. The van der Waals surface area contributed by atoms with Crippen molar-refractivity contribution >= 4 is 5.97 Å². The molecule has 0 aromatic carbocycles. The fourth-order valence-electron chi connectivity index (χ4n) is 12.4. The molecular formula is C36H58O11. The predicted octanol–water partition coefficient (Wildman–Crippen LogP) is 1.26. The van der Waals surface area contributed by atoms with Crippen molar-refractivity contribution in [3.05, 3.63) is 11.6 Å². The molecule has 16 unspecified atom stereocenters. The maximum atomic E-state index is 14.4. The molecule has 1 saturated heterocycles. The lowest BCUT2D eigenvalue weighted by atomic mass is 9.33. The van der Waals surface area contributed by atoms with Gasteiger partial charge in [0.2, 0.25) is 6.29 Å². The van der Waals surface area contributed by atoms with Crippen LogP contribution >= 0.6 is 0 Å². The third-order valence-corrected chi connectivity index (χ3v) is 15.6. The van der Waals surface area contributed by atoms with Crippen LogP contribution in [-0.2, 0) is 14.3 Å². The second kappa shape index (κ2) is 12.0. The molecule has 1 heterocycles. The van der Waals surface area contributed by atoms with Crippen LogP contribution in [0.5, 0.6) is 0 Å². The maximum absolute atomic E-state index is 14.4.